The summed E-state index contributed by atoms with van der Waals surface area (Å²) in [5, 5.41) is 5.81. The van der Waals surface area contributed by atoms with E-state index < -0.39 is 0 Å². The zero-order chi connectivity index (χ0) is 15.0. The molecule has 0 saturated heterocycles. The van der Waals surface area contributed by atoms with Gasteiger partial charge in [-0.15, -0.1) is 0 Å². The minimum atomic E-state index is -0.181. The number of ether oxygens (including phenoxy) is 1. The Labute approximate surface area is 121 Å². The fourth-order valence-electron chi connectivity index (χ4n) is 1.79. The molecule has 1 rings (SSSR count). The van der Waals surface area contributed by atoms with Gasteiger partial charge in [0.25, 0.3) is 0 Å². The van der Waals surface area contributed by atoms with Crippen LogP contribution < -0.4 is 15.4 Å². The Morgan fingerprint density at radius 1 is 1.20 bits per heavy atom. The van der Waals surface area contributed by atoms with E-state index in [0.29, 0.717) is 24.0 Å². The number of hydrogen-bond acceptors (Lipinski definition) is 2. The molecule has 1 aromatic rings. The SMILES string of the molecule is CCC(CC)NC(=O)Nc1ccccc1OCC(C)C. The average molecular weight is 278 g/mol. The molecule has 4 nitrogen and oxygen atoms in total. The lowest BCUT2D eigenvalue weighted by molar-refractivity contribution is 0.247. The van der Waals surface area contributed by atoms with Crippen LogP contribution in [0.25, 0.3) is 0 Å². The van der Waals surface area contributed by atoms with Crippen molar-refractivity contribution in [2.75, 3.05) is 11.9 Å². The number of benzene rings is 1. The topological polar surface area (TPSA) is 50.4 Å². The van der Waals surface area contributed by atoms with E-state index in [1.807, 2.05) is 24.3 Å². The average Bonchev–Trinajstić information content (AvgIpc) is 2.43. The van der Waals surface area contributed by atoms with Crippen LogP contribution in [-0.2, 0) is 0 Å². The summed E-state index contributed by atoms with van der Waals surface area (Å²) >= 11 is 0. The van der Waals surface area contributed by atoms with Crippen molar-refractivity contribution in [3.8, 4) is 5.75 Å². The standard InChI is InChI=1S/C16H26N2O2/c1-5-13(6-2)17-16(19)18-14-9-7-8-10-15(14)20-11-12(3)4/h7-10,12-13H,5-6,11H2,1-4H3,(H2,17,18,19). The molecule has 1 aromatic carbocycles. The van der Waals surface area contributed by atoms with Gasteiger partial charge in [-0.2, -0.15) is 0 Å². The van der Waals surface area contributed by atoms with Crippen LogP contribution in [0.1, 0.15) is 40.5 Å². The molecule has 0 atom stereocenters. The number of carbonyl (C=O) groups is 1. The van der Waals surface area contributed by atoms with Gasteiger partial charge < -0.3 is 15.4 Å². The zero-order valence-electron chi connectivity index (χ0n) is 12.9. The number of para-hydroxylation sites is 2. The number of hydrogen-bond donors (Lipinski definition) is 2. The van der Waals surface area contributed by atoms with Gasteiger partial charge in [-0.05, 0) is 30.9 Å². The first-order chi connectivity index (χ1) is 9.56. The zero-order valence-corrected chi connectivity index (χ0v) is 12.9. The molecule has 2 N–H and O–H groups in total. The van der Waals surface area contributed by atoms with Crippen LogP contribution in [-0.4, -0.2) is 18.7 Å². The van der Waals surface area contributed by atoms with E-state index in [4.69, 9.17) is 4.74 Å². The second-order valence-corrected chi connectivity index (χ2v) is 5.31. The first kappa shape index (κ1) is 16.3. The predicted molar refractivity (Wildman–Crippen MR) is 83.3 cm³/mol. The van der Waals surface area contributed by atoms with E-state index in [9.17, 15) is 4.79 Å². The minimum absolute atomic E-state index is 0.181. The van der Waals surface area contributed by atoms with E-state index in [1.165, 1.54) is 0 Å². The molecule has 0 bridgehead atoms. The van der Waals surface area contributed by atoms with Crippen LogP contribution in [0.4, 0.5) is 10.5 Å². The largest absolute Gasteiger partial charge is 0.491 e. The van der Waals surface area contributed by atoms with Crippen molar-refractivity contribution < 1.29 is 9.53 Å². The Bertz CT molecular complexity index is 415. The summed E-state index contributed by atoms with van der Waals surface area (Å²) < 4.78 is 5.71. The van der Waals surface area contributed by atoms with Crippen molar-refractivity contribution in [3.63, 3.8) is 0 Å². The van der Waals surface area contributed by atoms with Crippen LogP contribution >= 0.6 is 0 Å². The summed E-state index contributed by atoms with van der Waals surface area (Å²) in [4.78, 5) is 12.0. The fourth-order valence-corrected chi connectivity index (χ4v) is 1.79. The van der Waals surface area contributed by atoms with Crippen LogP contribution in [0.2, 0.25) is 0 Å². The van der Waals surface area contributed by atoms with Crippen molar-refractivity contribution >= 4 is 11.7 Å². The monoisotopic (exact) mass is 278 g/mol. The molecule has 0 aromatic heterocycles. The Balaban J connectivity index is 2.64. The van der Waals surface area contributed by atoms with Crippen molar-refractivity contribution in [3.05, 3.63) is 24.3 Å². The van der Waals surface area contributed by atoms with Gasteiger partial charge in [0.15, 0.2) is 0 Å². The molecule has 4 heteroatoms. The van der Waals surface area contributed by atoms with Crippen molar-refractivity contribution in [2.45, 2.75) is 46.6 Å². The Hall–Kier alpha value is -1.71. The van der Waals surface area contributed by atoms with E-state index in [0.717, 1.165) is 12.8 Å². The van der Waals surface area contributed by atoms with Crippen LogP contribution in [0.15, 0.2) is 24.3 Å². The van der Waals surface area contributed by atoms with Gasteiger partial charge in [0.05, 0.1) is 12.3 Å². The molecule has 0 aliphatic carbocycles. The molecular formula is C16H26N2O2. The van der Waals surface area contributed by atoms with Crippen molar-refractivity contribution in [2.24, 2.45) is 5.92 Å². The maximum Gasteiger partial charge on any atom is 0.319 e. The minimum Gasteiger partial charge on any atom is -0.491 e. The lowest BCUT2D eigenvalue weighted by Gasteiger charge is -2.17. The van der Waals surface area contributed by atoms with Gasteiger partial charge >= 0.3 is 6.03 Å². The summed E-state index contributed by atoms with van der Waals surface area (Å²) in [5.74, 6) is 1.15. The number of anilines is 1. The highest BCUT2D eigenvalue weighted by molar-refractivity contribution is 5.91. The van der Waals surface area contributed by atoms with E-state index >= 15 is 0 Å². The van der Waals surface area contributed by atoms with Gasteiger partial charge in [0.2, 0.25) is 0 Å². The van der Waals surface area contributed by atoms with E-state index in [2.05, 4.69) is 38.3 Å². The third-order valence-electron chi connectivity index (χ3n) is 3.03. The van der Waals surface area contributed by atoms with Gasteiger partial charge in [-0.3, -0.25) is 0 Å². The van der Waals surface area contributed by atoms with Crippen LogP contribution in [0.3, 0.4) is 0 Å². The van der Waals surface area contributed by atoms with Gasteiger partial charge in [-0.25, -0.2) is 4.79 Å². The quantitative estimate of drug-likeness (QED) is 0.791. The number of amides is 2. The van der Waals surface area contributed by atoms with E-state index in [-0.39, 0.29) is 12.1 Å². The van der Waals surface area contributed by atoms with Gasteiger partial charge in [-0.1, -0.05) is 39.8 Å². The molecular weight excluding hydrogens is 252 g/mol. The molecule has 0 radical (unpaired) electrons. The maximum absolute atomic E-state index is 12.0. The normalized spacial score (nSPS) is 10.7. The summed E-state index contributed by atoms with van der Waals surface area (Å²) in [7, 11) is 0. The Morgan fingerprint density at radius 2 is 1.85 bits per heavy atom. The highest BCUT2D eigenvalue weighted by Gasteiger charge is 2.11. The predicted octanol–water partition coefficient (Wildman–Crippen LogP) is 4.03. The molecule has 0 spiro atoms. The van der Waals surface area contributed by atoms with Crippen LogP contribution in [0.5, 0.6) is 5.75 Å². The molecule has 0 fully saturated rings. The summed E-state index contributed by atoms with van der Waals surface area (Å²) in [6, 6.07) is 7.53. The smallest absolute Gasteiger partial charge is 0.319 e. The highest BCUT2D eigenvalue weighted by Crippen LogP contribution is 2.24. The first-order valence-electron chi connectivity index (χ1n) is 7.36. The van der Waals surface area contributed by atoms with Crippen LogP contribution in [0, 0.1) is 5.92 Å². The number of carbonyl (C=O) groups excluding carboxylic acids is 1. The van der Waals surface area contributed by atoms with Gasteiger partial charge in [0, 0.05) is 6.04 Å². The third-order valence-corrected chi connectivity index (χ3v) is 3.03. The summed E-state index contributed by atoms with van der Waals surface area (Å²) in [6.45, 7) is 8.95. The number of urea groups is 1. The first-order valence-corrected chi connectivity index (χ1v) is 7.36. The molecule has 20 heavy (non-hydrogen) atoms. The Kier molecular flexibility index (Phi) is 6.91. The second-order valence-electron chi connectivity index (χ2n) is 5.31. The van der Waals surface area contributed by atoms with Crippen molar-refractivity contribution in [1.82, 2.24) is 5.32 Å². The van der Waals surface area contributed by atoms with E-state index in [1.54, 1.807) is 0 Å². The molecule has 0 unspecified atom stereocenters. The number of nitrogens with one attached hydrogen (secondary N) is 2. The molecule has 0 aliphatic heterocycles. The lowest BCUT2D eigenvalue weighted by atomic mass is 10.2. The highest BCUT2D eigenvalue weighted by atomic mass is 16.5. The summed E-state index contributed by atoms with van der Waals surface area (Å²) in [5.41, 5.74) is 0.705. The molecule has 0 saturated carbocycles. The third kappa shape index (κ3) is 5.51. The van der Waals surface area contributed by atoms with Gasteiger partial charge in [0.1, 0.15) is 5.75 Å². The number of rotatable bonds is 7. The lowest BCUT2D eigenvalue weighted by Crippen LogP contribution is -2.37. The molecule has 0 aliphatic rings. The molecule has 2 amide bonds. The second kappa shape index (κ2) is 8.46. The summed E-state index contributed by atoms with van der Waals surface area (Å²) in [6.07, 6.45) is 1.85. The molecule has 0 heterocycles. The maximum atomic E-state index is 12.0. The Morgan fingerprint density at radius 3 is 2.45 bits per heavy atom. The van der Waals surface area contributed by atoms with Crippen molar-refractivity contribution in [1.29, 1.82) is 0 Å². The fraction of sp³-hybridized carbons (Fsp3) is 0.562. The molecule has 112 valence electrons.